The molecule has 1 amide bonds. The predicted octanol–water partition coefficient (Wildman–Crippen LogP) is 5.00. The molecule has 1 atom stereocenters. The van der Waals surface area contributed by atoms with E-state index in [1.54, 1.807) is 15.5 Å². The van der Waals surface area contributed by atoms with E-state index in [2.05, 4.69) is 49.3 Å². The maximum Gasteiger partial charge on any atom is 0.354 e. The van der Waals surface area contributed by atoms with Crippen LogP contribution in [0.2, 0.25) is 0 Å². The fourth-order valence-corrected chi connectivity index (χ4v) is 6.53. The molecule has 8 nitrogen and oxygen atoms in total. The molecule has 2 aliphatic rings. The zero-order valence-corrected chi connectivity index (χ0v) is 24.5. The van der Waals surface area contributed by atoms with Crippen molar-refractivity contribution < 1.29 is 9.90 Å². The topological polar surface area (TPSA) is 81.9 Å². The number of anilines is 2. The van der Waals surface area contributed by atoms with Gasteiger partial charge in [0, 0.05) is 54.9 Å². The molecule has 0 aliphatic carbocycles. The first-order valence-electron chi connectivity index (χ1n) is 14.7. The first kappa shape index (κ1) is 27.6. The number of aromatic hydroxyl groups is 1. The Balaban J connectivity index is 1.51. The van der Waals surface area contributed by atoms with Gasteiger partial charge in [-0.1, -0.05) is 62.9 Å². The number of benzene rings is 3. The maximum absolute atomic E-state index is 14.1. The van der Waals surface area contributed by atoms with Gasteiger partial charge in [-0.15, -0.1) is 0 Å². The quantitative estimate of drug-likeness (QED) is 0.344. The van der Waals surface area contributed by atoms with Crippen molar-refractivity contribution in [2.45, 2.75) is 45.7 Å². The lowest BCUT2D eigenvalue weighted by atomic mass is 9.98. The van der Waals surface area contributed by atoms with Gasteiger partial charge in [0.05, 0.1) is 17.9 Å². The molecule has 0 saturated carbocycles. The van der Waals surface area contributed by atoms with Gasteiger partial charge in [0.2, 0.25) is 5.91 Å². The molecule has 0 radical (unpaired) electrons. The van der Waals surface area contributed by atoms with E-state index < -0.39 is 0 Å². The molecule has 6 rings (SSSR count). The van der Waals surface area contributed by atoms with Crippen molar-refractivity contribution in [2.75, 3.05) is 36.0 Å². The van der Waals surface area contributed by atoms with E-state index in [1.807, 2.05) is 42.5 Å². The lowest BCUT2D eigenvalue weighted by Crippen LogP contribution is -2.54. The second kappa shape index (κ2) is 11.0. The molecule has 3 aromatic carbocycles. The van der Waals surface area contributed by atoms with Crippen molar-refractivity contribution >= 4 is 28.2 Å². The molecular formula is C34H37N5O3. The minimum absolute atomic E-state index is 0.00880. The summed E-state index contributed by atoms with van der Waals surface area (Å²) < 4.78 is 1.80. The number of para-hydroxylation sites is 1. The molecule has 4 aromatic rings. The molecule has 0 bridgehead atoms. The molecule has 8 heteroatoms. The van der Waals surface area contributed by atoms with E-state index in [-0.39, 0.29) is 29.3 Å². The lowest BCUT2D eigenvalue weighted by molar-refractivity contribution is -0.126. The van der Waals surface area contributed by atoms with Gasteiger partial charge in [0.15, 0.2) is 0 Å². The van der Waals surface area contributed by atoms with E-state index in [0.29, 0.717) is 45.0 Å². The van der Waals surface area contributed by atoms with Crippen LogP contribution in [-0.4, -0.2) is 57.7 Å². The van der Waals surface area contributed by atoms with Crippen LogP contribution in [0.15, 0.2) is 78.1 Å². The molecule has 1 unspecified atom stereocenters. The SMILES string of the molecule is C=CC(=O)N1CCN(c2nc(=O)n(-c3ccccc3C(C)C)c3c2CCN(c2cc(O)cc4ccccc24)C3)C(C)C1. The summed E-state index contributed by atoms with van der Waals surface area (Å²) in [7, 11) is 0. The molecule has 1 N–H and O–H groups in total. The minimum atomic E-state index is -0.309. The lowest BCUT2D eigenvalue weighted by Gasteiger charge is -2.42. The molecule has 2 aliphatic heterocycles. The summed E-state index contributed by atoms with van der Waals surface area (Å²) in [6, 6.07) is 19.7. The summed E-state index contributed by atoms with van der Waals surface area (Å²) >= 11 is 0. The minimum Gasteiger partial charge on any atom is -0.508 e. The zero-order chi connectivity index (χ0) is 29.5. The first-order chi connectivity index (χ1) is 20.3. The Bertz CT molecular complexity index is 1740. The Kier molecular flexibility index (Phi) is 7.22. The van der Waals surface area contributed by atoms with Gasteiger partial charge in [-0.05, 0) is 48.4 Å². The van der Waals surface area contributed by atoms with E-state index in [9.17, 15) is 14.7 Å². The van der Waals surface area contributed by atoms with Crippen molar-refractivity contribution in [2.24, 2.45) is 0 Å². The Morgan fingerprint density at radius 2 is 1.81 bits per heavy atom. The number of phenolic OH excluding ortho intramolecular Hbond substituents is 1. The molecular weight excluding hydrogens is 526 g/mol. The van der Waals surface area contributed by atoms with Crippen molar-refractivity contribution in [3.05, 3.63) is 101 Å². The number of nitrogens with zero attached hydrogens (tertiary/aromatic N) is 5. The van der Waals surface area contributed by atoms with Gasteiger partial charge in [0.1, 0.15) is 11.6 Å². The van der Waals surface area contributed by atoms with Crippen LogP contribution < -0.4 is 15.5 Å². The average molecular weight is 564 g/mol. The highest BCUT2D eigenvalue weighted by atomic mass is 16.3. The number of hydrogen-bond acceptors (Lipinski definition) is 6. The number of phenols is 1. The number of fused-ring (bicyclic) bond motifs is 2. The Hall–Kier alpha value is -4.59. The molecule has 216 valence electrons. The van der Waals surface area contributed by atoms with Gasteiger partial charge in [-0.3, -0.25) is 9.36 Å². The van der Waals surface area contributed by atoms with Crippen LogP contribution in [0.25, 0.3) is 16.5 Å². The third kappa shape index (κ3) is 4.81. The maximum atomic E-state index is 14.1. The summed E-state index contributed by atoms with van der Waals surface area (Å²) in [4.78, 5) is 37.4. The van der Waals surface area contributed by atoms with Crippen LogP contribution in [0, 0.1) is 0 Å². The van der Waals surface area contributed by atoms with Crippen molar-refractivity contribution in [3.63, 3.8) is 0 Å². The Morgan fingerprint density at radius 1 is 1.05 bits per heavy atom. The van der Waals surface area contributed by atoms with Crippen molar-refractivity contribution in [1.82, 2.24) is 14.5 Å². The number of carbonyl (C=O) groups is 1. The fourth-order valence-electron chi connectivity index (χ4n) is 6.53. The average Bonchev–Trinajstić information content (AvgIpc) is 2.99. The number of carbonyl (C=O) groups excluding carboxylic acids is 1. The van der Waals surface area contributed by atoms with Crippen LogP contribution in [0.5, 0.6) is 5.75 Å². The van der Waals surface area contributed by atoms with Crippen LogP contribution in [0.3, 0.4) is 0 Å². The van der Waals surface area contributed by atoms with Crippen molar-refractivity contribution in [3.8, 4) is 11.4 Å². The van der Waals surface area contributed by atoms with Gasteiger partial charge in [-0.25, -0.2) is 4.79 Å². The van der Waals surface area contributed by atoms with Gasteiger partial charge >= 0.3 is 5.69 Å². The third-order valence-corrected chi connectivity index (χ3v) is 8.60. The predicted molar refractivity (Wildman–Crippen MR) is 168 cm³/mol. The first-order valence-corrected chi connectivity index (χ1v) is 14.7. The van der Waals surface area contributed by atoms with E-state index >= 15 is 0 Å². The van der Waals surface area contributed by atoms with Gasteiger partial charge in [0.25, 0.3) is 0 Å². The second-order valence-corrected chi connectivity index (χ2v) is 11.6. The normalized spacial score (nSPS) is 17.0. The number of rotatable bonds is 5. The highest BCUT2D eigenvalue weighted by molar-refractivity contribution is 5.95. The second-order valence-electron chi connectivity index (χ2n) is 11.6. The zero-order valence-electron chi connectivity index (χ0n) is 24.5. The fraction of sp³-hybridized carbons (Fsp3) is 0.324. The van der Waals surface area contributed by atoms with Gasteiger partial charge < -0.3 is 19.8 Å². The highest BCUT2D eigenvalue weighted by Crippen LogP contribution is 2.37. The van der Waals surface area contributed by atoms with Crippen molar-refractivity contribution in [1.29, 1.82) is 0 Å². The summed E-state index contributed by atoms with van der Waals surface area (Å²) in [6.07, 6.45) is 2.04. The molecule has 0 spiro atoms. The van der Waals surface area contributed by atoms with Crippen LogP contribution in [-0.2, 0) is 17.8 Å². The Morgan fingerprint density at radius 3 is 2.57 bits per heavy atom. The van der Waals surface area contributed by atoms with E-state index in [1.165, 1.54) is 6.08 Å². The summed E-state index contributed by atoms with van der Waals surface area (Å²) in [5, 5.41) is 12.6. The standard InChI is InChI=1S/C34H37N5O3/c1-5-32(41)37-16-17-38(23(4)20-37)33-28-14-15-36(30-19-25(40)18-24-10-6-7-12-27(24)30)21-31(28)39(34(42)35-33)29-13-9-8-11-26(29)22(2)3/h5-13,18-19,22-23,40H,1,14-17,20-21H2,2-4H3. The van der Waals surface area contributed by atoms with Crippen LogP contribution >= 0.6 is 0 Å². The number of aromatic nitrogens is 2. The monoisotopic (exact) mass is 563 g/mol. The smallest absolute Gasteiger partial charge is 0.354 e. The number of amides is 1. The number of piperazine rings is 1. The molecule has 3 heterocycles. The largest absolute Gasteiger partial charge is 0.508 e. The van der Waals surface area contributed by atoms with E-state index in [4.69, 9.17) is 4.98 Å². The molecule has 1 saturated heterocycles. The summed E-state index contributed by atoms with van der Waals surface area (Å²) in [6.45, 7) is 12.9. The highest BCUT2D eigenvalue weighted by Gasteiger charge is 2.33. The molecule has 1 aromatic heterocycles. The third-order valence-electron chi connectivity index (χ3n) is 8.60. The number of hydrogen-bond donors (Lipinski definition) is 1. The van der Waals surface area contributed by atoms with Crippen LogP contribution in [0.1, 0.15) is 43.5 Å². The van der Waals surface area contributed by atoms with E-state index in [0.717, 1.165) is 39.0 Å². The summed E-state index contributed by atoms with van der Waals surface area (Å²) in [5.74, 6) is 1.07. The van der Waals surface area contributed by atoms with Gasteiger partial charge in [-0.2, -0.15) is 4.98 Å². The molecule has 1 fully saturated rings. The summed E-state index contributed by atoms with van der Waals surface area (Å²) in [5.41, 5.74) is 4.54. The molecule has 42 heavy (non-hydrogen) atoms. The van der Waals surface area contributed by atoms with Crippen LogP contribution in [0.4, 0.5) is 11.5 Å². The Labute approximate surface area is 246 Å².